The molecule has 4 heteroatoms. The number of benzene rings is 1. The smallest absolute Gasteiger partial charge is 0.295 e. The molecule has 2 rings (SSSR count). The zero-order valence-electron chi connectivity index (χ0n) is 10.6. The van der Waals surface area contributed by atoms with Gasteiger partial charge in [0.05, 0.1) is 5.69 Å². The van der Waals surface area contributed by atoms with Gasteiger partial charge in [0, 0.05) is 6.54 Å². The van der Waals surface area contributed by atoms with E-state index in [2.05, 4.69) is 31.1 Å². The molecule has 0 aliphatic rings. The van der Waals surface area contributed by atoms with E-state index in [-0.39, 0.29) is 0 Å². The van der Waals surface area contributed by atoms with Crippen LogP contribution in [0.4, 0.5) is 11.7 Å². The van der Waals surface area contributed by atoms with Gasteiger partial charge in [0.2, 0.25) is 0 Å². The highest BCUT2D eigenvalue weighted by Gasteiger charge is 2.11. The fourth-order valence-corrected chi connectivity index (χ4v) is 1.59. The molecule has 1 aromatic heterocycles. The molecule has 0 saturated carbocycles. The van der Waals surface area contributed by atoms with Crippen molar-refractivity contribution in [1.29, 1.82) is 0 Å². The van der Waals surface area contributed by atoms with Crippen LogP contribution in [0.3, 0.4) is 0 Å². The molecule has 0 atom stereocenters. The van der Waals surface area contributed by atoms with E-state index in [1.807, 2.05) is 18.2 Å². The van der Waals surface area contributed by atoms with Crippen molar-refractivity contribution in [3.05, 3.63) is 18.2 Å². The lowest BCUT2D eigenvalue weighted by atomic mass is 9.92. The number of hydrogen-bond acceptors (Lipinski definition) is 4. The van der Waals surface area contributed by atoms with E-state index in [0.29, 0.717) is 17.1 Å². The lowest BCUT2D eigenvalue weighted by Crippen LogP contribution is -2.12. The van der Waals surface area contributed by atoms with Crippen molar-refractivity contribution in [1.82, 2.24) is 4.98 Å². The third kappa shape index (κ3) is 2.90. The lowest BCUT2D eigenvalue weighted by molar-refractivity contribution is 0.388. The number of nitrogens with two attached hydrogens (primary N) is 1. The summed E-state index contributed by atoms with van der Waals surface area (Å²) in [6.45, 7) is 7.46. The van der Waals surface area contributed by atoms with Gasteiger partial charge in [-0.1, -0.05) is 26.8 Å². The molecular weight excluding hydrogens is 214 g/mol. The van der Waals surface area contributed by atoms with Crippen LogP contribution in [-0.2, 0) is 0 Å². The molecule has 0 aliphatic carbocycles. The molecule has 92 valence electrons. The second-order valence-corrected chi connectivity index (χ2v) is 5.45. The van der Waals surface area contributed by atoms with E-state index >= 15 is 0 Å². The van der Waals surface area contributed by atoms with Gasteiger partial charge in [-0.15, -0.1) is 0 Å². The van der Waals surface area contributed by atoms with Crippen molar-refractivity contribution in [2.45, 2.75) is 27.2 Å². The molecule has 0 spiro atoms. The second-order valence-electron chi connectivity index (χ2n) is 5.45. The number of nitrogens with one attached hydrogen (secondary N) is 1. The van der Waals surface area contributed by atoms with Crippen molar-refractivity contribution < 1.29 is 4.42 Å². The average Bonchev–Trinajstić information content (AvgIpc) is 2.60. The second kappa shape index (κ2) is 4.28. The summed E-state index contributed by atoms with van der Waals surface area (Å²) in [4.78, 5) is 4.33. The number of hydrogen-bond donors (Lipinski definition) is 2. The molecule has 0 bridgehead atoms. The standard InChI is InChI=1S/C13H19N3O/c1-13(2,3)7-8-15-12-16-11-9(14)5-4-6-10(11)17-12/h4-6H,7-8,14H2,1-3H3,(H,15,16). The van der Waals surface area contributed by atoms with Crippen LogP contribution in [0.2, 0.25) is 0 Å². The van der Waals surface area contributed by atoms with Gasteiger partial charge in [-0.05, 0) is 24.0 Å². The molecule has 0 amide bonds. The van der Waals surface area contributed by atoms with Crippen LogP contribution in [0.1, 0.15) is 27.2 Å². The van der Waals surface area contributed by atoms with Crippen LogP contribution in [0.25, 0.3) is 11.1 Å². The maximum absolute atomic E-state index is 5.82. The Morgan fingerprint density at radius 3 is 2.76 bits per heavy atom. The molecule has 3 N–H and O–H groups in total. The van der Waals surface area contributed by atoms with E-state index in [1.54, 1.807) is 0 Å². The highest BCUT2D eigenvalue weighted by Crippen LogP contribution is 2.24. The van der Waals surface area contributed by atoms with E-state index in [0.717, 1.165) is 24.1 Å². The number of rotatable bonds is 3. The minimum Gasteiger partial charge on any atom is -0.423 e. The van der Waals surface area contributed by atoms with Gasteiger partial charge in [-0.2, -0.15) is 4.98 Å². The topological polar surface area (TPSA) is 64.1 Å². The van der Waals surface area contributed by atoms with Crippen LogP contribution in [-0.4, -0.2) is 11.5 Å². The van der Waals surface area contributed by atoms with Gasteiger partial charge in [0.25, 0.3) is 6.01 Å². The lowest BCUT2D eigenvalue weighted by Gasteiger charge is -2.17. The Morgan fingerprint density at radius 2 is 2.12 bits per heavy atom. The number of fused-ring (bicyclic) bond motifs is 1. The number of oxazole rings is 1. The van der Waals surface area contributed by atoms with Gasteiger partial charge >= 0.3 is 0 Å². The molecule has 0 aliphatic heterocycles. The minimum absolute atomic E-state index is 0.304. The molecule has 0 fully saturated rings. The van der Waals surface area contributed by atoms with Gasteiger partial charge in [-0.3, -0.25) is 0 Å². The van der Waals surface area contributed by atoms with Crippen LogP contribution in [0, 0.1) is 5.41 Å². The van der Waals surface area contributed by atoms with Crippen molar-refractivity contribution in [3.8, 4) is 0 Å². The summed E-state index contributed by atoms with van der Waals surface area (Å²) >= 11 is 0. The quantitative estimate of drug-likeness (QED) is 0.799. The summed E-state index contributed by atoms with van der Waals surface area (Å²) in [5, 5.41) is 3.18. The summed E-state index contributed by atoms with van der Waals surface area (Å²) in [5.74, 6) is 0. The summed E-state index contributed by atoms with van der Waals surface area (Å²) in [6, 6.07) is 6.10. The number of nitrogen functional groups attached to an aromatic ring is 1. The highest BCUT2D eigenvalue weighted by atomic mass is 16.4. The Hall–Kier alpha value is -1.71. The molecule has 4 nitrogen and oxygen atoms in total. The van der Waals surface area contributed by atoms with E-state index in [1.165, 1.54) is 0 Å². The molecule has 0 saturated heterocycles. The fourth-order valence-electron chi connectivity index (χ4n) is 1.59. The van der Waals surface area contributed by atoms with Crippen molar-refractivity contribution in [2.24, 2.45) is 5.41 Å². The van der Waals surface area contributed by atoms with Crippen LogP contribution < -0.4 is 11.1 Å². The van der Waals surface area contributed by atoms with Crippen molar-refractivity contribution in [2.75, 3.05) is 17.6 Å². The Kier molecular flexibility index (Phi) is 2.96. The summed E-state index contributed by atoms with van der Waals surface area (Å²) < 4.78 is 5.56. The van der Waals surface area contributed by atoms with Crippen LogP contribution in [0.5, 0.6) is 0 Å². The fraction of sp³-hybridized carbons (Fsp3) is 0.462. The molecule has 17 heavy (non-hydrogen) atoms. The Morgan fingerprint density at radius 1 is 1.35 bits per heavy atom. The minimum atomic E-state index is 0.304. The zero-order chi connectivity index (χ0) is 12.5. The summed E-state index contributed by atoms with van der Waals surface area (Å²) in [5.41, 5.74) is 8.22. The van der Waals surface area contributed by atoms with E-state index < -0.39 is 0 Å². The normalized spacial score (nSPS) is 11.9. The van der Waals surface area contributed by atoms with Crippen molar-refractivity contribution in [3.63, 3.8) is 0 Å². The summed E-state index contributed by atoms with van der Waals surface area (Å²) in [7, 11) is 0. The first-order valence-corrected chi connectivity index (χ1v) is 5.85. The molecule has 0 radical (unpaired) electrons. The van der Waals surface area contributed by atoms with Gasteiger partial charge in [0.15, 0.2) is 5.58 Å². The van der Waals surface area contributed by atoms with Gasteiger partial charge < -0.3 is 15.5 Å². The van der Waals surface area contributed by atoms with Crippen molar-refractivity contribution >= 4 is 22.8 Å². The monoisotopic (exact) mass is 233 g/mol. The van der Waals surface area contributed by atoms with Crippen LogP contribution >= 0.6 is 0 Å². The molecule has 2 aromatic rings. The first kappa shape index (κ1) is 11.8. The largest absolute Gasteiger partial charge is 0.423 e. The predicted molar refractivity (Wildman–Crippen MR) is 71.0 cm³/mol. The molecule has 1 aromatic carbocycles. The summed E-state index contributed by atoms with van der Waals surface area (Å²) in [6.07, 6.45) is 1.06. The first-order valence-electron chi connectivity index (χ1n) is 5.85. The maximum atomic E-state index is 5.82. The maximum Gasteiger partial charge on any atom is 0.295 e. The number of anilines is 2. The number of para-hydroxylation sites is 1. The number of aromatic nitrogens is 1. The average molecular weight is 233 g/mol. The zero-order valence-corrected chi connectivity index (χ0v) is 10.6. The van der Waals surface area contributed by atoms with Crippen LogP contribution in [0.15, 0.2) is 22.6 Å². The Labute approximate surface area is 101 Å². The van der Waals surface area contributed by atoms with E-state index in [4.69, 9.17) is 10.2 Å². The Balaban J connectivity index is 2.07. The molecular formula is C13H19N3O. The molecule has 1 heterocycles. The first-order chi connectivity index (χ1) is 7.96. The van der Waals surface area contributed by atoms with Gasteiger partial charge in [-0.25, -0.2) is 0 Å². The Bertz CT molecular complexity index is 511. The number of nitrogens with zero attached hydrogens (tertiary/aromatic N) is 1. The van der Waals surface area contributed by atoms with Gasteiger partial charge in [0.1, 0.15) is 5.52 Å². The highest BCUT2D eigenvalue weighted by molar-refractivity contribution is 5.86. The molecule has 0 unspecified atom stereocenters. The third-order valence-corrected chi connectivity index (χ3v) is 2.60. The predicted octanol–water partition coefficient (Wildman–Crippen LogP) is 3.26. The third-order valence-electron chi connectivity index (χ3n) is 2.60. The SMILES string of the molecule is CC(C)(C)CCNc1nc2c(N)cccc2o1. The van der Waals surface area contributed by atoms with E-state index in [9.17, 15) is 0 Å².